The van der Waals surface area contributed by atoms with Gasteiger partial charge in [-0.3, -0.25) is 9.78 Å². The van der Waals surface area contributed by atoms with Crippen molar-refractivity contribution in [1.82, 2.24) is 4.98 Å². The Morgan fingerprint density at radius 2 is 2.00 bits per heavy atom. The Morgan fingerprint density at radius 1 is 1.20 bits per heavy atom. The molecule has 4 heteroatoms. The van der Waals surface area contributed by atoms with Crippen LogP contribution in [0.4, 0.5) is 0 Å². The van der Waals surface area contributed by atoms with E-state index in [0.29, 0.717) is 29.1 Å². The summed E-state index contributed by atoms with van der Waals surface area (Å²) in [5.74, 6) is 1.61. The number of esters is 1. The van der Waals surface area contributed by atoms with Crippen molar-refractivity contribution in [2.45, 2.75) is 65.4 Å². The van der Waals surface area contributed by atoms with E-state index >= 15 is 0 Å². The molecule has 4 nitrogen and oxygen atoms in total. The van der Waals surface area contributed by atoms with Gasteiger partial charge in [-0.1, -0.05) is 31.6 Å². The lowest BCUT2D eigenvalue weighted by molar-refractivity contribution is -0.129. The summed E-state index contributed by atoms with van der Waals surface area (Å²) < 4.78 is 5.91. The Kier molecular flexibility index (Phi) is 4.53. The topological polar surface area (TPSA) is 56.3 Å². The molecule has 2 fully saturated rings. The van der Waals surface area contributed by atoms with Crippen LogP contribution in [0.25, 0.3) is 0 Å². The standard InChI is InChI=1S/C26H31NO3/c1-16-10-13-27-15-20(16)24(29)30-18-8-11-25(2)17(14-18)4-5-19-21-6-7-23(28)26(21,3)12-9-22(19)25/h4,6-7,10,13,15,18-19,21-22H,5,8-9,11-12,14H2,1-3H3. The van der Waals surface area contributed by atoms with E-state index in [0.717, 1.165) is 44.1 Å². The minimum absolute atomic E-state index is 0.0604. The molecule has 4 aliphatic carbocycles. The van der Waals surface area contributed by atoms with Crippen LogP contribution in [-0.2, 0) is 9.53 Å². The smallest absolute Gasteiger partial charge is 0.340 e. The first-order valence-corrected chi connectivity index (χ1v) is 11.4. The third-order valence-electron chi connectivity index (χ3n) is 8.86. The largest absolute Gasteiger partial charge is 0.458 e. The quantitative estimate of drug-likeness (QED) is 0.500. The van der Waals surface area contributed by atoms with E-state index in [1.165, 1.54) is 5.57 Å². The summed E-state index contributed by atoms with van der Waals surface area (Å²) in [4.78, 5) is 29.2. The maximum atomic E-state index is 12.7. The molecule has 1 aromatic rings. The highest BCUT2D eigenvalue weighted by Gasteiger charge is 2.57. The zero-order valence-corrected chi connectivity index (χ0v) is 18.2. The summed E-state index contributed by atoms with van der Waals surface area (Å²) in [6.45, 7) is 6.51. The van der Waals surface area contributed by atoms with E-state index in [1.807, 2.05) is 19.1 Å². The third kappa shape index (κ3) is 2.83. The van der Waals surface area contributed by atoms with Crippen molar-refractivity contribution in [1.29, 1.82) is 0 Å². The van der Waals surface area contributed by atoms with Gasteiger partial charge in [-0.15, -0.1) is 0 Å². The second kappa shape index (κ2) is 6.90. The number of hydrogen-bond donors (Lipinski definition) is 0. The fourth-order valence-corrected chi connectivity index (χ4v) is 6.90. The number of fused-ring (bicyclic) bond motifs is 5. The molecule has 4 aliphatic rings. The van der Waals surface area contributed by atoms with Gasteiger partial charge in [0.2, 0.25) is 0 Å². The lowest BCUT2D eigenvalue weighted by atomic mass is 9.48. The van der Waals surface area contributed by atoms with Crippen molar-refractivity contribution < 1.29 is 14.3 Å². The molecule has 0 saturated heterocycles. The zero-order valence-electron chi connectivity index (χ0n) is 18.2. The van der Waals surface area contributed by atoms with Gasteiger partial charge in [0.15, 0.2) is 5.78 Å². The summed E-state index contributed by atoms with van der Waals surface area (Å²) in [5, 5.41) is 0. The molecule has 0 aliphatic heterocycles. The van der Waals surface area contributed by atoms with Crippen molar-refractivity contribution in [3.8, 4) is 0 Å². The number of aryl methyl sites for hydroxylation is 1. The van der Waals surface area contributed by atoms with Gasteiger partial charge in [-0.2, -0.15) is 0 Å². The number of ketones is 1. The van der Waals surface area contributed by atoms with Crippen LogP contribution in [0.15, 0.2) is 42.3 Å². The second-order valence-corrected chi connectivity index (χ2v) is 10.3. The van der Waals surface area contributed by atoms with Crippen LogP contribution in [0.1, 0.15) is 68.3 Å². The number of rotatable bonds is 2. The fourth-order valence-electron chi connectivity index (χ4n) is 6.90. The molecule has 0 bridgehead atoms. The van der Waals surface area contributed by atoms with Gasteiger partial charge in [-0.05, 0) is 79.9 Å². The van der Waals surface area contributed by atoms with Crippen molar-refractivity contribution in [3.63, 3.8) is 0 Å². The van der Waals surface area contributed by atoms with Crippen molar-refractivity contribution >= 4 is 11.8 Å². The number of aromatic nitrogens is 1. The molecule has 158 valence electrons. The van der Waals surface area contributed by atoms with Crippen LogP contribution in [0, 0.1) is 35.5 Å². The normalized spacial score (nSPS) is 39.6. The van der Waals surface area contributed by atoms with Gasteiger partial charge in [0, 0.05) is 24.2 Å². The van der Waals surface area contributed by atoms with Crippen molar-refractivity contribution in [3.05, 3.63) is 53.4 Å². The molecule has 5 rings (SSSR count). The van der Waals surface area contributed by atoms with E-state index < -0.39 is 0 Å². The minimum atomic E-state index is -0.258. The number of allylic oxidation sites excluding steroid dienone is 3. The Bertz CT molecular complexity index is 963. The monoisotopic (exact) mass is 405 g/mol. The van der Waals surface area contributed by atoms with E-state index in [-0.39, 0.29) is 22.9 Å². The Balaban J connectivity index is 1.34. The fraction of sp³-hybridized carbons (Fsp3) is 0.577. The van der Waals surface area contributed by atoms with E-state index in [2.05, 4.69) is 31.0 Å². The lowest BCUT2D eigenvalue weighted by Gasteiger charge is -2.56. The molecule has 6 atom stereocenters. The van der Waals surface area contributed by atoms with Crippen molar-refractivity contribution in [2.24, 2.45) is 28.6 Å². The molecule has 1 heterocycles. The number of hydrogen-bond acceptors (Lipinski definition) is 4. The van der Waals surface area contributed by atoms with Gasteiger partial charge in [0.1, 0.15) is 6.10 Å². The summed E-state index contributed by atoms with van der Waals surface area (Å²) in [6.07, 6.45) is 15.6. The van der Waals surface area contributed by atoms with Crippen LogP contribution >= 0.6 is 0 Å². The van der Waals surface area contributed by atoms with Crippen LogP contribution in [0.2, 0.25) is 0 Å². The molecule has 0 aromatic carbocycles. The van der Waals surface area contributed by atoms with E-state index in [9.17, 15) is 9.59 Å². The molecule has 0 N–H and O–H groups in total. The van der Waals surface area contributed by atoms with Crippen molar-refractivity contribution in [2.75, 3.05) is 0 Å². The Hall–Kier alpha value is -2.23. The molecule has 0 radical (unpaired) electrons. The third-order valence-corrected chi connectivity index (χ3v) is 8.86. The maximum absolute atomic E-state index is 12.7. The van der Waals surface area contributed by atoms with Crippen LogP contribution in [0.5, 0.6) is 0 Å². The predicted molar refractivity (Wildman–Crippen MR) is 115 cm³/mol. The first-order valence-electron chi connectivity index (χ1n) is 11.4. The van der Waals surface area contributed by atoms with E-state index in [4.69, 9.17) is 4.74 Å². The van der Waals surface area contributed by atoms with Gasteiger partial charge < -0.3 is 4.74 Å². The molecule has 6 unspecified atom stereocenters. The summed E-state index contributed by atoms with van der Waals surface area (Å²) in [7, 11) is 0. The second-order valence-electron chi connectivity index (χ2n) is 10.3. The van der Waals surface area contributed by atoms with Gasteiger partial charge in [0.05, 0.1) is 5.56 Å². The zero-order chi connectivity index (χ0) is 21.1. The summed E-state index contributed by atoms with van der Waals surface area (Å²) >= 11 is 0. The first-order chi connectivity index (χ1) is 14.3. The highest BCUT2D eigenvalue weighted by molar-refractivity contribution is 5.97. The van der Waals surface area contributed by atoms with Crippen LogP contribution in [-0.4, -0.2) is 22.8 Å². The predicted octanol–water partition coefficient (Wildman–Crippen LogP) is 5.22. The molecule has 0 spiro atoms. The molecule has 0 amide bonds. The Labute approximate surface area is 178 Å². The van der Waals surface area contributed by atoms with E-state index in [1.54, 1.807) is 12.4 Å². The summed E-state index contributed by atoms with van der Waals surface area (Å²) in [6, 6.07) is 1.84. The molecule has 2 saturated carbocycles. The SMILES string of the molecule is Cc1ccncc1C(=O)OC1CCC2(C)C(=CCC3C4C=CC(=O)C4(C)CCC32)C1. The molecule has 30 heavy (non-hydrogen) atoms. The molecular formula is C26H31NO3. The summed E-state index contributed by atoms with van der Waals surface area (Å²) in [5.41, 5.74) is 2.91. The van der Waals surface area contributed by atoms with Gasteiger partial charge >= 0.3 is 5.97 Å². The maximum Gasteiger partial charge on any atom is 0.340 e. The van der Waals surface area contributed by atoms with Crippen LogP contribution < -0.4 is 0 Å². The highest BCUT2D eigenvalue weighted by Crippen LogP contribution is 2.62. The average molecular weight is 406 g/mol. The van der Waals surface area contributed by atoms with Gasteiger partial charge in [-0.25, -0.2) is 4.79 Å². The average Bonchev–Trinajstić information content (AvgIpc) is 3.03. The number of carbonyl (C=O) groups is 2. The molecular weight excluding hydrogens is 374 g/mol. The van der Waals surface area contributed by atoms with Gasteiger partial charge in [0.25, 0.3) is 0 Å². The Morgan fingerprint density at radius 3 is 2.80 bits per heavy atom. The highest BCUT2D eigenvalue weighted by atomic mass is 16.5. The number of carbonyl (C=O) groups excluding carboxylic acids is 2. The number of pyridine rings is 1. The molecule has 1 aromatic heterocycles. The lowest BCUT2D eigenvalue weighted by Crippen LogP contribution is -2.50. The minimum Gasteiger partial charge on any atom is -0.458 e. The first kappa shape index (κ1) is 19.7. The number of ether oxygens (including phenoxy) is 1. The number of nitrogens with zero attached hydrogens (tertiary/aromatic N) is 1. The van der Waals surface area contributed by atoms with Crippen LogP contribution in [0.3, 0.4) is 0 Å².